The Labute approximate surface area is 122 Å². The highest BCUT2D eigenvalue weighted by Gasteiger charge is 2.12. The highest BCUT2D eigenvalue weighted by molar-refractivity contribution is 5.30. The van der Waals surface area contributed by atoms with Gasteiger partial charge in [-0.1, -0.05) is 64.1 Å². The van der Waals surface area contributed by atoms with Gasteiger partial charge in [-0.3, -0.25) is 0 Å². The minimum atomic E-state index is 0.203. The maximum absolute atomic E-state index is 5.86. The molecule has 20 heavy (non-hydrogen) atoms. The van der Waals surface area contributed by atoms with Crippen molar-refractivity contribution < 1.29 is 4.74 Å². The van der Waals surface area contributed by atoms with Gasteiger partial charge in [-0.2, -0.15) is 0 Å². The van der Waals surface area contributed by atoms with Gasteiger partial charge < -0.3 is 4.74 Å². The summed E-state index contributed by atoms with van der Waals surface area (Å²) in [4.78, 5) is 0. The van der Waals surface area contributed by atoms with E-state index in [0.29, 0.717) is 6.61 Å². The van der Waals surface area contributed by atoms with Crippen LogP contribution >= 0.6 is 0 Å². The molecule has 106 valence electrons. The molecule has 0 spiro atoms. The molecule has 2 aromatic carbocycles. The predicted octanol–water partition coefficient (Wildman–Crippen LogP) is 5.13. The lowest BCUT2D eigenvalue weighted by Gasteiger charge is -2.19. The Hall–Kier alpha value is -1.76. The van der Waals surface area contributed by atoms with Gasteiger partial charge in [0.15, 0.2) is 0 Å². The van der Waals surface area contributed by atoms with E-state index in [1.165, 1.54) is 16.7 Å². The first-order valence-electron chi connectivity index (χ1n) is 7.30. The summed E-state index contributed by atoms with van der Waals surface area (Å²) in [7, 11) is 0. The summed E-state index contributed by atoms with van der Waals surface area (Å²) < 4.78 is 5.86. The Morgan fingerprint density at radius 3 is 2.20 bits per heavy atom. The molecule has 0 unspecified atom stereocenters. The van der Waals surface area contributed by atoms with Gasteiger partial charge >= 0.3 is 0 Å². The van der Waals surface area contributed by atoms with Crippen molar-refractivity contribution in [1.29, 1.82) is 0 Å². The van der Waals surface area contributed by atoms with Crippen LogP contribution in [0.25, 0.3) is 0 Å². The Morgan fingerprint density at radius 1 is 0.900 bits per heavy atom. The molecule has 0 fully saturated rings. The molecule has 0 N–H and O–H groups in total. The van der Waals surface area contributed by atoms with Gasteiger partial charge in [-0.15, -0.1) is 0 Å². The lowest BCUT2D eigenvalue weighted by atomic mass is 9.87. The van der Waals surface area contributed by atoms with E-state index in [2.05, 4.69) is 70.2 Å². The van der Waals surface area contributed by atoms with Crippen LogP contribution in [0.15, 0.2) is 48.5 Å². The zero-order valence-corrected chi connectivity index (χ0v) is 12.9. The maximum Gasteiger partial charge on any atom is 0.120 e. The molecule has 0 aliphatic rings. The van der Waals surface area contributed by atoms with E-state index in [-0.39, 0.29) is 5.41 Å². The van der Waals surface area contributed by atoms with E-state index >= 15 is 0 Å². The van der Waals surface area contributed by atoms with Crippen LogP contribution < -0.4 is 4.74 Å². The molecule has 0 atom stereocenters. The second kappa shape index (κ2) is 6.13. The Bertz CT molecular complexity index is 547. The highest BCUT2D eigenvalue weighted by Crippen LogP contribution is 2.22. The van der Waals surface area contributed by atoms with Crippen LogP contribution in [-0.4, -0.2) is 0 Å². The number of hydrogen-bond acceptors (Lipinski definition) is 1. The monoisotopic (exact) mass is 268 g/mol. The van der Waals surface area contributed by atoms with Crippen molar-refractivity contribution in [3.8, 4) is 5.75 Å². The van der Waals surface area contributed by atoms with E-state index in [1.807, 2.05) is 6.07 Å². The first-order chi connectivity index (χ1) is 9.49. The molecule has 0 aliphatic heterocycles. The Kier molecular flexibility index (Phi) is 4.49. The fourth-order valence-electron chi connectivity index (χ4n) is 2.12. The Balaban J connectivity index is 2.00. The fraction of sp³-hybridized carbons (Fsp3) is 0.368. The van der Waals surface area contributed by atoms with Crippen molar-refractivity contribution >= 4 is 0 Å². The highest BCUT2D eigenvalue weighted by atomic mass is 16.5. The minimum absolute atomic E-state index is 0.203. The van der Waals surface area contributed by atoms with Crippen LogP contribution in [0, 0.1) is 0 Å². The van der Waals surface area contributed by atoms with Crippen molar-refractivity contribution in [1.82, 2.24) is 0 Å². The van der Waals surface area contributed by atoms with Crippen LogP contribution in [0.1, 0.15) is 44.4 Å². The summed E-state index contributed by atoms with van der Waals surface area (Å²) in [5.41, 5.74) is 4.08. The molecule has 0 radical (unpaired) electrons. The third-order valence-corrected chi connectivity index (χ3v) is 3.53. The van der Waals surface area contributed by atoms with Crippen LogP contribution in [-0.2, 0) is 18.4 Å². The second-order valence-electron chi connectivity index (χ2n) is 6.24. The summed E-state index contributed by atoms with van der Waals surface area (Å²) in [6.45, 7) is 9.47. The molecular formula is C19H24O. The third-order valence-electron chi connectivity index (χ3n) is 3.53. The van der Waals surface area contributed by atoms with Gasteiger partial charge in [-0.25, -0.2) is 0 Å². The molecule has 0 aliphatic carbocycles. The van der Waals surface area contributed by atoms with Crippen LogP contribution in [0.5, 0.6) is 5.75 Å². The number of ether oxygens (including phenoxy) is 1. The molecule has 0 saturated heterocycles. The van der Waals surface area contributed by atoms with Gasteiger partial charge in [0.1, 0.15) is 12.4 Å². The summed E-state index contributed by atoms with van der Waals surface area (Å²) in [6.07, 6.45) is 1.04. The third kappa shape index (κ3) is 3.86. The first kappa shape index (κ1) is 14.6. The van der Waals surface area contributed by atoms with Crippen molar-refractivity contribution in [2.45, 2.75) is 46.1 Å². The first-order valence-corrected chi connectivity index (χ1v) is 7.30. The van der Waals surface area contributed by atoms with E-state index in [1.54, 1.807) is 0 Å². The number of aryl methyl sites for hydroxylation is 1. The van der Waals surface area contributed by atoms with Gasteiger partial charge in [0.05, 0.1) is 0 Å². The summed E-state index contributed by atoms with van der Waals surface area (Å²) in [5.74, 6) is 0.948. The average molecular weight is 268 g/mol. The smallest absolute Gasteiger partial charge is 0.120 e. The lowest BCUT2D eigenvalue weighted by molar-refractivity contribution is 0.306. The quantitative estimate of drug-likeness (QED) is 0.747. The summed E-state index contributed by atoms with van der Waals surface area (Å²) in [6, 6.07) is 17.0. The molecule has 0 aromatic heterocycles. The SMILES string of the molecule is CCc1cccc(OCc2ccc(C(C)(C)C)cc2)c1. The minimum Gasteiger partial charge on any atom is -0.489 e. The van der Waals surface area contributed by atoms with Crippen molar-refractivity contribution in [3.05, 3.63) is 65.2 Å². The van der Waals surface area contributed by atoms with Gasteiger partial charge in [0.2, 0.25) is 0 Å². The molecular weight excluding hydrogens is 244 g/mol. The van der Waals surface area contributed by atoms with Crippen molar-refractivity contribution in [3.63, 3.8) is 0 Å². The average Bonchev–Trinajstić information content (AvgIpc) is 2.45. The van der Waals surface area contributed by atoms with Gasteiger partial charge in [0.25, 0.3) is 0 Å². The summed E-state index contributed by atoms with van der Waals surface area (Å²) >= 11 is 0. The van der Waals surface area contributed by atoms with E-state index < -0.39 is 0 Å². The molecule has 2 rings (SSSR count). The number of benzene rings is 2. The molecule has 0 bridgehead atoms. The normalized spacial score (nSPS) is 11.4. The molecule has 2 aromatic rings. The van der Waals surface area contributed by atoms with E-state index in [9.17, 15) is 0 Å². The molecule has 0 saturated carbocycles. The van der Waals surface area contributed by atoms with E-state index in [0.717, 1.165) is 12.2 Å². The lowest BCUT2D eigenvalue weighted by Crippen LogP contribution is -2.10. The summed E-state index contributed by atoms with van der Waals surface area (Å²) in [5, 5.41) is 0. The Morgan fingerprint density at radius 2 is 1.60 bits per heavy atom. The second-order valence-corrected chi connectivity index (χ2v) is 6.24. The number of hydrogen-bond donors (Lipinski definition) is 0. The van der Waals surface area contributed by atoms with Crippen molar-refractivity contribution in [2.75, 3.05) is 0 Å². The van der Waals surface area contributed by atoms with Crippen LogP contribution in [0.3, 0.4) is 0 Å². The molecule has 0 heterocycles. The standard InChI is InChI=1S/C19H24O/c1-5-15-7-6-8-18(13-15)20-14-16-9-11-17(12-10-16)19(2,3)4/h6-13H,5,14H2,1-4H3. The fourth-order valence-corrected chi connectivity index (χ4v) is 2.12. The van der Waals surface area contributed by atoms with E-state index in [4.69, 9.17) is 4.74 Å². The predicted molar refractivity (Wildman–Crippen MR) is 85.3 cm³/mol. The van der Waals surface area contributed by atoms with Crippen LogP contribution in [0.2, 0.25) is 0 Å². The topological polar surface area (TPSA) is 9.23 Å². The maximum atomic E-state index is 5.86. The zero-order chi connectivity index (χ0) is 14.6. The molecule has 0 amide bonds. The van der Waals surface area contributed by atoms with Gasteiger partial charge in [-0.05, 0) is 40.7 Å². The van der Waals surface area contributed by atoms with Crippen LogP contribution in [0.4, 0.5) is 0 Å². The van der Waals surface area contributed by atoms with Crippen molar-refractivity contribution in [2.24, 2.45) is 0 Å². The largest absolute Gasteiger partial charge is 0.489 e. The zero-order valence-electron chi connectivity index (χ0n) is 12.9. The molecule has 1 nitrogen and oxygen atoms in total. The number of rotatable bonds is 4. The van der Waals surface area contributed by atoms with Gasteiger partial charge in [0, 0.05) is 0 Å². The molecule has 1 heteroatoms.